The summed E-state index contributed by atoms with van der Waals surface area (Å²) < 4.78 is 30.6. The van der Waals surface area contributed by atoms with Crippen LogP contribution in [0.3, 0.4) is 0 Å². The van der Waals surface area contributed by atoms with Crippen molar-refractivity contribution in [2.24, 2.45) is 0 Å². The molecular formula is C21H17Cl2NO4S. The molecule has 0 aromatic heterocycles. The van der Waals surface area contributed by atoms with Gasteiger partial charge in [-0.1, -0.05) is 47.5 Å². The molecule has 0 aliphatic rings. The third-order valence-electron chi connectivity index (χ3n) is 3.99. The van der Waals surface area contributed by atoms with Crippen LogP contribution in [-0.4, -0.2) is 20.1 Å². The van der Waals surface area contributed by atoms with Gasteiger partial charge in [-0.05, 0) is 48.5 Å². The molecule has 0 radical (unpaired) electrons. The number of para-hydroxylation sites is 3. The van der Waals surface area contributed by atoms with Crippen molar-refractivity contribution in [2.45, 2.75) is 11.3 Å². The van der Waals surface area contributed by atoms with Gasteiger partial charge in [0.2, 0.25) is 5.91 Å². The summed E-state index contributed by atoms with van der Waals surface area (Å²) in [6.07, 6.45) is -0.203. The van der Waals surface area contributed by atoms with E-state index in [-0.39, 0.29) is 17.1 Å². The maximum absolute atomic E-state index is 12.4. The molecule has 0 aliphatic heterocycles. The highest BCUT2D eigenvalue weighted by Crippen LogP contribution is 2.33. The molecule has 1 amide bonds. The van der Waals surface area contributed by atoms with E-state index in [4.69, 9.17) is 27.9 Å². The molecule has 0 spiro atoms. The van der Waals surface area contributed by atoms with Gasteiger partial charge in [-0.25, -0.2) is 8.42 Å². The Hall–Kier alpha value is -2.54. The zero-order valence-electron chi connectivity index (χ0n) is 15.1. The molecule has 0 atom stereocenters. The number of ether oxygens (including phenoxy) is 1. The predicted molar refractivity (Wildman–Crippen MR) is 115 cm³/mol. The molecule has 5 nitrogen and oxygen atoms in total. The number of hydrogen-bond acceptors (Lipinski definition) is 4. The Labute approximate surface area is 179 Å². The molecule has 0 aliphatic carbocycles. The average molecular weight is 450 g/mol. The second kappa shape index (κ2) is 9.31. The van der Waals surface area contributed by atoms with Gasteiger partial charge in [-0.2, -0.15) is 0 Å². The number of carbonyl (C=O) groups excluding carboxylic acids is 1. The Morgan fingerprint density at radius 1 is 0.862 bits per heavy atom. The van der Waals surface area contributed by atoms with E-state index >= 15 is 0 Å². The minimum Gasteiger partial charge on any atom is -0.454 e. The van der Waals surface area contributed by atoms with Gasteiger partial charge in [0, 0.05) is 11.4 Å². The maximum atomic E-state index is 12.4. The fourth-order valence-corrected chi connectivity index (χ4v) is 4.05. The molecule has 29 heavy (non-hydrogen) atoms. The molecule has 8 heteroatoms. The highest BCUT2D eigenvalue weighted by Gasteiger charge is 2.17. The number of halogens is 2. The van der Waals surface area contributed by atoms with Crippen molar-refractivity contribution in [3.8, 4) is 11.5 Å². The van der Waals surface area contributed by atoms with Crippen LogP contribution in [0.4, 0.5) is 5.69 Å². The van der Waals surface area contributed by atoms with Crippen molar-refractivity contribution in [1.82, 2.24) is 0 Å². The smallest absolute Gasteiger partial charge is 0.225 e. The molecule has 0 heterocycles. The molecule has 0 saturated carbocycles. The SMILES string of the molecule is O=C(CCS(=O)(=O)c1ccc(Cl)cc1)Nc1ccccc1Oc1ccccc1Cl. The third kappa shape index (κ3) is 5.73. The summed E-state index contributed by atoms with van der Waals surface area (Å²) in [6.45, 7) is 0. The first-order chi connectivity index (χ1) is 13.8. The second-order valence-electron chi connectivity index (χ2n) is 6.10. The van der Waals surface area contributed by atoms with E-state index in [1.54, 1.807) is 48.5 Å². The lowest BCUT2D eigenvalue weighted by Gasteiger charge is -2.13. The summed E-state index contributed by atoms with van der Waals surface area (Å²) >= 11 is 11.9. The van der Waals surface area contributed by atoms with Gasteiger partial charge in [0.05, 0.1) is 21.4 Å². The van der Waals surface area contributed by atoms with E-state index in [1.807, 2.05) is 0 Å². The highest BCUT2D eigenvalue weighted by atomic mass is 35.5. The summed E-state index contributed by atoms with van der Waals surface area (Å²) in [5.41, 5.74) is 0.418. The molecule has 150 valence electrons. The van der Waals surface area contributed by atoms with Crippen LogP contribution in [0, 0.1) is 0 Å². The van der Waals surface area contributed by atoms with Gasteiger partial charge in [0.15, 0.2) is 15.6 Å². The van der Waals surface area contributed by atoms with Crippen molar-refractivity contribution in [2.75, 3.05) is 11.1 Å². The lowest BCUT2D eigenvalue weighted by molar-refractivity contribution is -0.115. The molecule has 1 N–H and O–H groups in total. The molecule has 3 aromatic rings. The number of benzene rings is 3. The predicted octanol–water partition coefficient (Wildman–Crippen LogP) is 5.59. The maximum Gasteiger partial charge on any atom is 0.225 e. The number of anilines is 1. The van der Waals surface area contributed by atoms with Crippen molar-refractivity contribution < 1.29 is 17.9 Å². The highest BCUT2D eigenvalue weighted by molar-refractivity contribution is 7.91. The largest absolute Gasteiger partial charge is 0.454 e. The van der Waals surface area contributed by atoms with Gasteiger partial charge >= 0.3 is 0 Å². The van der Waals surface area contributed by atoms with Gasteiger partial charge in [0.1, 0.15) is 5.75 Å². The topological polar surface area (TPSA) is 72.5 Å². The standard InChI is InChI=1S/C21H17Cl2NO4S/c22-15-9-11-16(12-10-15)29(26,27)14-13-21(25)24-18-6-2-4-8-20(18)28-19-7-3-1-5-17(19)23/h1-12H,13-14H2,(H,24,25). The Bertz CT molecular complexity index is 1120. The molecule has 0 unspecified atom stereocenters. The van der Waals surface area contributed by atoms with E-state index in [0.29, 0.717) is 27.2 Å². The van der Waals surface area contributed by atoms with Crippen LogP contribution in [0.15, 0.2) is 77.7 Å². The first-order valence-electron chi connectivity index (χ1n) is 8.65. The van der Waals surface area contributed by atoms with E-state index in [2.05, 4.69) is 5.32 Å². The van der Waals surface area contributed by atoms with Gasteiger partial charge in [-0.15, -0.1) is 0 Å². The van der Waals surface area contributed by atoms with E-state index < -0.39 is 15.7 Å². The molecule has 0 bridgehead atoms. The van der Waals surface area contributed by atoms with Crippen LogP contribution in [0.1, 0.15) is 6.42 Å². The van der Waals surface area contributed by atoms with Crippen LogP contribution in [0.25, 0.3) is 0 Å². The van der Waals surface area contributed by atoms with Gasteiger partial charge in [0.25, 0.3) is 0 Å². The number of carbonyl (C=O) groups is 1. The Morgan fingerprint density at radius 2 is 1.48 bits per heavy atom. The van der Waals surface area contributed by atoms with Crippen LogP contribution in [0.2, 0.25) is 10.0 Å². The number of rotatable bonds is 7. The number of hydrogen-bond donors (Lipinski definition) is 1. The molecule has 0 fully saturated rings. The normalized spacial score (nSPS) is 11.1. The molecule has 0 saturated heterocycles. The summed E-state index contributed by atoms with van der Waals surface area (Å²) in [6, 6.07) is 19.6. The third-order valence-corrected chi connectivity index (χ3v) is 6.28. The first-order valence-corrected chi connectivity index (χ1v) is 11.1. The fourth-order valence-electron chi connectivity index (χ4n) is 2.50. The minimum atomic E-state index is -3.60. The van der Waals surface area contributed by atoms with Crippen LogP contribution < -0.4 is 10.1 Å². The number of amides is 1. The Kier molecular flexibility index (Phi) is 6.79. The molecule has 3 rings (SSSR count). The lowest BCUT2D eigenvalue weighted by Crippen LogP contribution is -2.17. The van der Waals surface area contributed by atoms with E-state index in [1.165, 1.54) is 24.3 Å². The fraction of sp³-hybridized carbons (Fsp3) is 0.0952. The van der Waals surface area contributed by atoms with Gasteiger partial charge < -0.3 is 10.1 Å². The second-order valence-corrected chi connectivity index (χ2v) is 9.05. The van der Waals surface area contributed by atoms with Gasteiger partial charge in [-0.3, -0.25) is 4.79 Å². The lowest BCUT2D eigenvalue weighted by atomic mass is 10.2. The van der Waals surface area contributed by atoms with Crippen molar-refractivity contribution in [1.29, 1.82) is 0 Å². The van der Waals surface area contributed by atoms with Crippen molar-refractivity contribution in [3.05, 3.63) is 82.8 Å². The number of nitrogens with one attached hydrogen (secondary N) is 1. The van der Waals surface area contributed by atoms with E-state index in [0.717, 1.165) is 0 Å². The van der Waals surface area contributed by atoms with E-state index in [9.17, 15) is 13.2 Å². The molecule has 3 aromatic carbocycles. The summed E-state index contributed by atoms with van der Waals surface area (Å²) in [7, 11) is -3.60. The number of sulfone groups is 1. The minimum absolute atomic E-state index is 0.122. The average Bonchev–Trinajstić information content (AvgIpc) is 2.70. The first kappa shape index (κ1) is 21.2. The monoisotopic (exact) mass is 449 g/mol. The van der Waals surface area contributed by atoms with Crippen LogP contribution in [-0.2, 0) is 14.6 Å². The Balaban J connectivity index is 1.67. The Morgan fingerprint density at radius 3 is 2.17 bits per heavy atom. The summed E-state index contributed by atoms with van der Waals surface area (Å²) in [5.74, 6) is 0.0713. The van der Waals surface area contributed by atoms with Crippen LogP contribution in [0.5, 0.6) is 11.5 Å². The van der Waals surface area contributed by atoms with Crippen molar-refractivity contribution in [3.63, 3.8) is 0 Å². The summed E-state index contributed by atoms with van der Waals surface area (Å²) in [5, 5.41) is 3.57. The zero-order valence-corrected chi connectivity index (χ0v) is 17.5. The zero-order chi connectivity index (χ0) is 20.9. The van der Waals surface area contributed by atoms with Crippen LogP contribution >= 0.6 is 23.2 Å². The van der Waals surface area contributed by atoms with Crippen molar-refractivity contribution >= 4 is 44.6 Å². The molecular weight excluding hydrogens is 433 g/mol. The summed E-state index contributed by atoms with van der Waals surface area (Å²) in [4.78, 5) is 12.5. The quantitative estimate of drug-likeness (QED) is 0.510.